The highest BCUT2D eigenvalue weighted by molar-refractivity contribution is 5.58. The molecule has 2 fully saturated rings. The summed E-state index contributed by atoms with van der Waals surface area (Å²) in [5.41, 5.74) is 1.98. The molecule has 0 amide bonds. The third-order valence-electron chi connectivity index (χ3n) is 4.90. The third kappa shape index (κ3) is 2.49. The lowest BCUT2D eigenvalue weighted by Gasteiger charge is -2.15. The van der Waals surface area contributed by atoms with E-state index in [1.54, 1.807) is 0 Å². The van der Waals surface area contributed by atoms with Crippen molar-refractivity contribution in [3.63, 3.8) is 0 Å². The predicted octanol–water partition coefficient (Wildman–Crippen LogP) is 2.54. The van der Waals surface area contributed by atoms with Crippen molar-refractivity contribution in [1.29, 1.82) is 0 Å². The molecule has 110 valence electrons. The summed E-state index contributed by atoms with van der Waals surface area (Å²) >= 11 is 0. The van der Waals surface area contributed by atoms with Gasteiger partial charge < -0.3 is 9.63 Å². The fraction of sp³-hybridized carbons (Fsp3) is 0.471. The Morgan fingerprint density at radius 3 is 2.86 bits per heavy atom. The van der Waals surface area contributed by atoms with Gasteiger partial charge in [-0.25, -0.2) is 0 Å². The van der Waals surface area contributed by atoms with Gasteiger partial charge in [-0.1, -0.05) is 35.5 Å². The zero-order valence-electron chi connectivity index (χ0n) is 12.0. The molecule has 0 radical (unpaired) electrons. The SMILES string of the molecule is OC1CCC2CN(Cc3cc(-c4ccccc4)no3)CC12. The normalized spacial score (nSPS) is 28.9. The van der Waals surface area contributed by atoms with Crippen LogP contribution >= 0.6 is 0 Å². The molecule has 0 spiro atoms. The van der Waals surface area contributed by atoms with E-state index in [0.29, 0.717) is 11.8 Å². The standard InChI is InChI=1S/C17H20N2O2/c20-17-7-6-13-9-19(11-15(13)17)10-14-8-16(18-21-14)12-4-2-1-3-5-12/h1-5,8,13,15,17,20H,6-7,9-11H2. The van der Waals surface area contributed by atoms with Crippen LogP contribution in [-0.4, -0.2) is 34.4 Å². The van der Waals surface area contributed by atoms with Gasteiger partial charge in [0.1, 0.15) is 5.69 Å². The number of aromatic nitrogens is 1. The van der Waals surface area contributed by atoms with Crippen LogP contribution in [0.2, 0.25) is 0 Å². The van der Waals surface area contributed by atoms with Crippen LogP contribution in [0.1, 0.15) is 18.6 Å². The number of nitrogens with zero attached hydrogens (tertiary/aromatic N) is 2. The van der Waals surface area contributed by atoms with E-state index in [-0.39, 0.29) is 6.10 Å². The van der Waals surface area contributed by atoms with Crippen LogP contribution in [0.15, 0.2) is 40.9 Å². The molecular formula is C17H20N2O2. The maximum absolute atomic E-state index is 9.97. The second-order valence-electron chi connectivity index (χ2n) is 6.31. The number of likely N-dealkylation sites (tertiary alicyclic amines) is 1. The first-order valence-corrected chi connectivity index (χ1v) is 7.71. The quantitative estimate of drug-likeness (QED) is 0.941. The molecule has 3 unspecified atom stereocenters. The summed E-state index contributed by atoms with van der Waals surface area (Å²) in [6.45, 7) is 2.84. The van der Waals surface area contributed by atoms with Crippen LogP contribution < -0.4 is 0 Å². The van der Waals surface area contributed by atoms with Crippen molar-refractivity contribution in [1.82, 2.24) is 10.1 Å². The van der Waals surface area contributed by atoms with E-state index in [0.717, 1.165) is 49.5 Å². The number of hydrogen-bond donors (Lipinski definition) is 1. The van der Waals surface area contributed by atoms with Crippen molar-refractivity contribution in [3.05, 3.63) is 42.2 Å². The molecule has 2 aromatic rings. The van der Waals surface area contributed by atoms with Crippen LogP contribution in [0.25, 0.3) is 11.3 Å². The number of hydrogen-bond acceptors (Lipinski definition) is 4. The van der Waals surface area contributed by atoms with Gasteiger partial charge in [0, 0.05) is 30.6 Å². The Kier molecular flexibility index (Phi) is 3.28. The Hall–Kier alpha value is -1.65. The van der Waals surface area contributed by atoms with Gasteiger partial charge in [0.05, 0.1) is 12.6 Å². The van der Waals surface area contributed by atoms with Gasteiger partial charge in [0.15, 0.2) is 5.76 Å². The molecule has 21 heavy (non-hydrogen) atoms. The maximum Gasteiger partial charge on any atom is 0.151 e. The molecule has 1 saturated heterocycles. The van der Waals surface area contributed by atoms with Crippen LogP contribution in [0, 0.1) is 11.8 Å². The van der Waals surface area contributed by atoms with Gasteiger partial charge >= 0.3 is 0 Å². The van der Waals surface area contributed by atoms with Crippen molar-refractivity contribution < 1.29 is 9.63 Å². The molecule has 1 N–H and O–H groups in total. The van der Waals surface area contributed by atoms with Crippen molar-refractivity contribution in [2.75, 3.05) is 13.1 Å². The Labute approximate surface area is 124 Å². The van der Waals surface area contributed by atoms with E-state index in [4.69, 9.17) is 4.52 Å². The predicted molar refractivity (Wildman–Crippen MR) is 79.4 cm³/mol. The van der Waals surface area contributed by atoms with Gasteiger partial charge in [-0.05, 0) is 18.8 Å². The summed E-state index contributed by atoms with van der Waals surface area (Å²) in [5, 5.41) is 14.1. The lowest BCUT2D eigenvalue weighted by Crippen LogP contribution is -2.24. The number of aliphatic hydroxyl groups excluding tert-OH is 1. The summed E-state index contributed by atoms with van der Waals surface area (Å²) in [5.74, 6) is 2.03. The molecule has 3 atom stereocenters. The molecule has 4 heteroatoms. The second kappa shape index (κ2) is 5.28. The first kappa shape index (κ1) is 13.0. The van der Waals surface area contributed by atoms with Gasteiger partial charge in [0.25, 0.3) is 0 Å². The van der Waals surface area contributed by atoms with Crippen LogP contribution in [0.5, 0.6) is 0 Å². The molecule has 4 rings (SSSR count). The van der Waals surface area contributed by atoms with Gasteiger partial charge in [0.2, 0.25) is 0 Å². The zero-order chi connectivity index (χ0) is 14.2. The minimum absolute atomic E-state index is 0.102. The topological polar surface area (TPSA) is 49.5 Å². The van der Waals surface area contributed by atoms with E-state index in [2.05, 4.69) is 10.1 Å². The van der Waals surface area contributed by atoms with Crippen molar-refractivity contribution in [3.8, 4) is 11.3 Å². The van der Waals surface area contributed by atoms with Crippen molar-refractivity contribution in [2.24, 2.45) is 11.8 Å². The fourth-order valence-electron chi connectivity index (χ4n) is 3.81. The van der Waals surface area contributed by atoms with E-state index >= 15 is 0 Å². The van der Waals surface area contributed by atoms with Gasteiger partial charge in [-0.15, -0.1) is 0 Å². The fourth-order valence-corrected chi connectivity index (χ4v) is 3.81. The molecule has 1 aromatic carbocycles. The molecule has 4 nitrogen and oxygen atoms in total. The van der Waals surface area contributed by atoms with E-state index < -0.39 is 0 Å². The number of rotatable bonds is 3. The second-order valence-corrected chi connectivity index (χ2v) is 6.31. The lowest BCUT2D eigenvalue weighted by atomic mass is 10.00. The molecule has 0 bridgehead atoms. The molecule has 2 aliphatic rings. The average molecular weight is 284 g/mol. The molecular weight excluding hydrogens is 264 g/mol. The number of aliphatic hydroxyl groups is 1. The smallest absolute Gasteiger partial charge is 0.151 e. The Bertz CT molecular complexity index is 610. The van der Waals surface area contributed by atoms with Crippen molar-refractivity contribution in [2.45, 2.75) is 25.5 Å². The monoisotopic (exact) mass is 284 g/mol. The first-order valence-electron chi connectivity index (χ1n) is 7.71. The minimum atomic E-state index is -0.102. The zero-order valence-corrected chi connectivity index (χ0v) is 12.0. The lowest BCUT2D eigenvalue weighted by molar-refractivity contribution is 0.122. The highest BCUT2D eigenvalue weighted by Crippen LogP contribution is 2.38. The van der Waals surface area contributed by atoms with Crippen LogP contribution in [0.4, 0.5) is 0 Å². The summed E-state index contributed by atoms with van der Waals surface area (Å²) in [4.78, 5) is 2.38. The molecule has 1 aliphatic heterocycles. The van der Waals surface area contributed by atoms with Crippen LogP contribution in [0.3, 0.4) is 0 Å². The molecule has 1 aliphatic carbocycles. The summed E-state index contributed by atoms with van der Waals surface area (Å²) < 4.78 is 5.48. The minimum Gasteiger partial charge on any atom is -0.393 e. The largest absolute Gasteiger partial charge is 0.393 e. The highest BCUT2D eigenvalue weighted by atomic mass is 16.5. The third-order valence-corrected chi connectivity index (χ3v) is 4.90. The first-order chi connectivity index (χ1) is 10.3. The van der Waals surface area contributed by atoms with Crippen molar-refractivity contribution >= 4 is 0 Å². The van der Waals surface area contributed by atoms with E-state index in [1.807, 2.05) is 36.4 Å². The Morgan fingerprint density at radius 2 is 2.05 bits per heavy atom. The molecule has 2 heterocycles. The summed E-state index contributed by atoms with van der Waals surface area (Å²) in [6.07, 6.45) is 2.03. The van der Waals surface area contributed by atoms with Gasteiger partial charge in [-0.2, -0.15) is 0 Å². The molecule has 1 aromatic heterocycles. The Morgan fingerprint density at radius 1 is 1.19 bits per heavy atom. The average Bonchev–Trinajstić information content (AvgIpc) is 3.19. The van der Waals surface area contributed by atoms with E-state index in [9.17, 15) is 5.11 Å². The Balaban J connectivity index is 1.44. The number of fused-ring (bicyclic) bond motifs is 1. The number of benzene rings is 1. The highest BCUT2D eigenvalue weighted by Gasteiger charge is 2.41. The molecule has 1 saturated carbocycles. The maximum atomic E-state index is 9.97. The summed E-state index contributed by atoms with van der Waals surface area (Å²) in [7, 11) is 0. The van der Waals surface area contributed by atoms with Gasteiger partial charge in [-0.3, -0.25) is 4.90 Å². The van der Waals surface area contributed by atoms with Crippen LogP contribution in [-0.2, 0) is 6.54 Å². The van der Waals surface area contributed by atoms with E-state index in [1.165, 1.54) is 0 Å². The summed E-state index contributed by atoms with van der Waals surface area (Å²) in [6, 6.07) is 12.1.